The van der Waals surface area contributed by atoms with Crippen LogP contribution in [0.3, 0.4) is 0 Å². The first kappa shape index (κ1) is 20.4. The number of ether oxygens (including phenoxy) is 1. The lowest BCUT2D eigenvalue weighted by Gasteiger charge is -2.34. The number of hydrogen-bond acceptors (Lipinski definition) is 4. The average Bonchev–Trinajstić information content (AvgIpc) is 2.75. The minimum atomic E-state index is 0.297. The highest BCUT2D eigenvalue weighted by atomic mass is 16.5. The van der Waals surface area contributed by atoms with Crippen LogP contribution in [0.1, 0.15) is 23.6 Å². The summed E-state index contributed by atoms with van der Waals surface area (Å²) in [7, 11) is 0. The van der Waals surface area contributed by atoms with Crippen LogP contribution < -0.4 is 10.1 Å². The zero-order chi connectivity index (χ0) is 19.6. The molecule has 0 aromatic heterocycles. The van der Waals surface area contributed by atoms with Crippen molar-refractivity contribution in [2.75, 3.05) is 39.3 Å². The molecule has 148 valence electrons. The quantitative estimate of drug-likeness (QED) is 0.680. The van der Waals surface area contributed by atoms with Gasteiger partial charge in [0.05, 0.1) is 0 Å². The fraction of sp³-hybridized carbons (Fsp3) is 0.417. The number of piperazine rings is 1. The predicted octanol–water partition coefficient (Wildman–Crippen LogP) is 3.13. The van der Waals surface area contributed by atoms with E-state index in [1.54, 1.807) is 0 Å². The van der Waals surface area contributed by atoms with Crippen LogP contribution >= 0.6 is 0 Å². The van der Waals surface area contributed by atoms with Crippen LogP contribution in [0, 0.1) is 12.3 Å². The topological polar surface area (TPSA) is 27.7 Å². The van der Waals surface area contributed by atoms with Gasteiger partial charge in [0.2, 0.25) is 0 Å². The predicted molar refractivity (Wildman–Crippen MR) is 115 cm³/mol. The zero-order valence-electron chi connectivity index (χ0n) is 16.9. The Balaban J connectivity index is 1.55. The Bertz CT molecular complexity index is 775. The SMILES string of the molecule is C#CCOc1ccccc1CNCc1ccccc1CN1CCN(CC)CC1. The molecule has 1 aliphatic rings. The Kier molecular flexibility index (Phi) is 7.93. The molecule has 0 unspecified atom stereocenters. The van der Waals surface area contributed by atoms with Gasteiger partial charge in [-0.1, -0.05) is 55.3 Å². The summed E-state index contributed by atoms with van der Waals surface area (Å²) in [6, 6.07) is 16.8. The normalized spacial score (nSPS) is 15.3. The van der Waals surface area contributed by atoms with E-state index in [4.69, 9.17) is 11.2 Å². The maximum Gasteiger partial charge on any atom is 0.148 e. The molecule has 3 rings (SSSR count). The van der Waals surface area contributed by atoms with Crippen LogP contribution in [0.15, 0.2) is 48.5 Å². The third-order valence-electron chi connectivity index (χ3n) is 5.34. The summed E-state index contributed by atoms with van der Waals surface area (Å²) in [6.45, 7) is 11.0. The van der Waals surface area contributed by atoms with Gasteiger partial charge in [-0.15, -0.1) is 6.42 Å². The standard InChI is InChI=1S/C24H31N3O/c1-3-17-28-24-12-8-7-10-22(24)19-25-18-21-9-5-6-11-23(21)20-27-15-13-26(4-2)14-16-27/h1,5-12,25H,4,13-20H2,2H3. The highest BCUT2D eigenvalue weighted by molar-refractivity contribution is 5.34. The van der Waals surface area contributed by atoms with Gasteiger partial charge >= 0.3 is 0 Å². The summed E-state index contributed by atoms with van der Waals surface area (Å²) in [5.41, 5.74) is 3.91. The van der Waals surface area contributed by atoms with Gasteiger partial charge in [0.1, 0.15) is 12.4 Å². The average molecular weight is 378 g/mol. The van der Waals surface area contributed by atoms with Crippen LogP contribution in [0.25, 0.3) is 0 Å². The molecule has 0 spiro atoms. The molecule has 0 saturated carbocycles. The van der Waals surface area contributed by atoms with E-state index in [2.05, 4.69) is 58.3 Å². The maximum atomic E-state index is 5.64. The summed E-state index contributed by atoms with van der Waals surface area (Å²) >= 11 is 0. The second kappa shape index (κ2) is 10.9. The third-order valence-corrected chi connectivity index (χ3v) is 5.34. The summed E-state index contributed by atoms with van der Waals surface area (Å²) < 4.78 is 5.64. The first-order chi connectivity index (χ1) is 13.8. The smallest absolute Gasteiger partial charge is 0.148 e. The van der Waals surface area contributed by atoms with Crippen LogP contribution in [-0.4, -0.2) is 49.1 Å². The van der Waals surface area contributed by atoms with Gasteiger partial charge in [-0.25, -0.2) is 0 Å². The lowest BCUT2D eigenvalue weighted by Crippen LogP contribution is -2.45. The molecule has 4 nitrogen and oxygen atoms in total. The largest absolute Gasteiger partial charge is 0.481 e. The summed E-state index contributed by atoms with van der Waals surface area (Å²) in [4.78, 5) is 5.08. The zero-order valence-corrected chi connectivity index (χ0v) is 16.9. The number of nitrogens with one attached hydrogen (secondary N) is 1. The summed E-state index contributed by atoms with van der Waals surface area (Å²) in [6.07, 6.45) is 5.31. The number of nitrogens with zero attached hydrogens (tertiary/aromatic N) is 2. The first-order valence-corrected chi connectivity index (χ1v) is 10.2. The number of terminal acetylenes is 1. The van der Waals surface area contributed by atoms with Gasteiger partial charge in [-0.05, 0) is 23.7 Å². The van der Waals surface area contributed by atoms with Crippen molar-refractivity contribution in [2.24, 2.45) is 0 Å². The second-order valence-electron chi connectivity index (χ2n) is 7.18. The van der Waals surface area contributed by atoms with Crippen LogP contribution in [-0.2, 0) is 19.6 Å². The van der Waals surface area contributed by atoms with Crippen molar-refractivity contribution in [1.29, 1.82) is 0 Å². The maximum absolute atomic E-state index is 5.64. The molecule has 2 aromatic rings. The van der Waals surface area contributed by atoms with Gasteiger partial charge < -0.3 is 15.0 Å². The molecule has 1 aliphatic heterocycles. The molecule has 1 N–H and O–H groups in total. The molecule has 0 atom stereocenters. The highest BCUT2D eigenvalue weighted by Crippen LogP contribution is 2.18. The van der Waals surface area contributed by atoms with Crippen molar-refractivity contribution in [3.63, 3.8) is 0 Å². The Morgan fingerprint density at radius 1 is 0.893 bits per heavy atom. The molecule has 0 amide bonds. The van der Waals surface area contributed by atoms with Crippen molar-refractivity contribution in [2.45, 2.75) is 26.6 Å². The van der Waals surface area contributed by atoms with Gasteiger partial charge in [-0.3, -0.25) is 4.90 Å². The Hall–Kier alpha value is -2.32. The fourth-order valence-electron chi connectivity index (χ4n) is 3.63. The number of hydrogen-bond donors (Lipinski definition) is 1. The molecule has 0 bridgehead atoms. The minimum Gasteiger partial charge on any atom is -0.481 e. The molecule has 1 saturated heterocycles. The fourth-order valence-corrected chi connectivity index (χ4v) is 3.63. The molecular weight excluding hydrogens is 346 g/mol. The van der Waals surface area contributed by atoms with E-state index in [0.717, 1.165) is 50.6 Å². The molecule has 0 aliphatic carbocycles. The lowest BCUT2D eigenvalue weighted by atomic mass is 10.1. The van der Waals surface area contributed by atoms with E-state index >= 15 is 0 Å². The molecular formula is C24H31N3O. The first-order valence-electron chi connectivity index (χ1n) is 10.2. The van der Waals surface area contributed by atoms with Crippen molar-refractivity contribution in [3.8, 4) is 18.1 Å². The van der Waals surface area contributed by atoms with Crippen molar-refractivity contribution in [3.05, 3.63) is 65.2 Å². The van der Waals surface area contributed by atoms with Crippen molar-refractivity contribution >= 4 is 0 Å². The number of likely N-dealkylation sites (N-methyl/N-ethyl adjacent to an activating group) is 1. The van der Waals surface area contributed by atoms with E-state index in [-0.39, 0.29) is 0 Å². The summed E-state index contributed by atoms with van der Waals surface area (Å²) in [5, 5.41) is 3.57. The second-order valence-corrected chi connectivity index (χ2v) is 7.18. The summed E-state index contributed by atoms with van der Waals surface area (Å²) in [5.74, 6) is 3.38. The van der Waals surface area contributed by atoms with Gasteiger partial charge in [0.15, 0.2) is 0 Å². The number of rotatable bonds is 9. The monoisotopic (exact) mass is 377 g/mol. The van der Waals surface area contributed by atoms with E-state index < -0.39 is 0 Å². The molecule has 2 aromatic carbocycles. The molecule has 4 heteroatoms. The lowest BCUT2D eigenvalue weighted by molar-refractivity contribution is 0.131. The molecule has 0 radical (unpaired) electrons. The van der Waals surface area contributed by atoms with E-state index in [0.29, 0.717) is 6.61 Å². The molecule has 1 fully saturated rings. The Morgan fingerprint density at radius 2 is 1.50 bits per heavy atom. The van der Waals surface area contributed by atoms with Gasteiger partial charge in [0, 0.05) is 51.4 Å². The van der Waals surface area contributed by atoms with E-state index in [1.165, 1.54) is 24.2 Å². The van der Waals surface area contributed by atoms with Gasteiger partial charge in [0.25, 0.3) is 0 Å². The minimum absolute atomic E-state index is 0.297. The third kappa shape index (κ3) is 5.84. The van der Waals surface area contributed by atoms with E-state index in [9.17, 15) is 0 Å². The van der Waals surface area contributed by atoms with Crippen LogP contribution in [0.5, 0.6) is 5.75 Å². The van der Waals surface area contributed by atoms with Crippen molar-refractivity contribution < 1.29 is 4.74 Å². The highest BCUT2D eigenvalue weighted by Gasteiger charge is 2.16. The number of benzene rings is 2. The van der Waals surface area contributed by atoms with Crippen LogP contribution in [0.2, 0.25) is 0 Å². The van der Waals surface area contributed by atoms with Crippen LogP contribution in [0.4, 0.5) is 0 Å². The Morgan fingerprint density at radius 3 is 2.21 bits per heavy atom. The number of para-hydroxylation sites is 1. The Labute approximate surface area is 169 Å². The van der Waals surface area contributed by atoms with Gasteiger partial charge in [-0.2, -0.15) is 0 Å². The molecule has 28 heavy (non-hydrogen) atoms. The molecule has 1 heterocycles. The van der Waals surface area contributed by atoms with E-state index in [1.807, 2.05) is 18.2 Å². The van der Waals surface area contributed by atoms with Crippen molar-refractivity contribution in [1.82, 2.24) is 15.1 Å².